The largest absolute Gasteiger partial charge is 0.355 e. The Morgan fingerprint density at radius 2 is 1.81 bits per heavy atom. The third kappa shape index (κ3) is 7.40. The number of halogens is 1. The normalized spacial score (nSPS) is 15.2. The molecule has 1 aromatic heterocycles. The molecule has 1 amide bonds. The van der Waals surface area contributed by atoms with E-state index in [4.69, 9.17) is 4.52 Å². The van der Waals surface area contributed by atoms with Gasteiger partial charge in [-0.25, -0.2) is 4.39 Å². The van der Waals surface area contributed by atoms with Crippen LogP contribution in [0.4, 0.5) is 4.39 Å². The van der Waals surface area contributed by atoms with E-state index in [-0.39, 0.29) is 23.1 Å². The summed E-state index contributed by atoms with van der Waals surface area (Å²) in [6, 6.07) is 14.9. The summed E-state index contributed by atoms with van der Waals surface area (Å²) >= 11 is 1.74. The van der Waals surface area contributed by atoms with E-state index in [1.807, 2.05) is 12.1 Å². The second-order valence-corrected chi connectivity index (χ2v) is 11.5. The summed E-state index contributed by atoms with van der Waals surface area (Å²) in [6.07, 6.45) is 1.65. The first-order valence-corrected chi connectivity index (χ1v) is 13.7. The maximum Gasteiger partial charge on any atom is 0.241 e. The molecule has 0 unspecified atom stereocenters. The van der Waals surface area contributed by atoms with Crippen molar-refractivity contribution >= 4 is 17.7 Å². The zero-order valence-electron chi connectivity index (χ0n) is 21.3. The SMILES string of the molecule is CC(C)(C)c1ccc(-c2noc(CN3CCC(C(=O)NCCSCc4ccc(F)cc4)CC3)n2)cc1. The number of nitrogens with zero attached hydrogens (tertiary/aromatic N) is 3. The number of hydrogen-bond acceptors (Lipinski definition) is 6. The number of carbonyl (C=O) groups excluding carboxylic acids is 1. The summed E-state index contributed by atoms with van der Waals surface area (Å²) in [5.41, 5.74) is 3.41. The first kappa shape index (κ1) is 26.4. The van der Waals surface area contributed by atoms with E-state index in [1.165, 1.54) is 17.7 Å². The number of thioether (sulfide) groups is 1. The molecule has 4 rings (SSSR count). The van der Waals surface area contributed by atoms with Gasteiger partial charge in [0.1, 0.15) is 5.82 Å². The fourth-order valence-electron chi connectivity index (χ4n) is 4.26. The fraction of sp³-hybridized carbons (Fsp3) is 0.464. The molecular weight excluding hydrogens is 475 g/mol. The van der Waals surface area contributed by atoms with E-state index in [0.29, 0.717) is 24.8 Å². The topological polar surface area (TPSA) is 71.3 Å². The van der Waals surface area contributed by atoms with E-state index in [9.17, 15) is 9.18 Å². The van der Waals surface area contributed by atoms with Crippen LogP contribution >= 0.6 is 11.8 Å². The van der Waals surface area contributed by atoms with Crippen molar-refractivity contribution in [3.05, 3.63) is 71.4 Å². The van der Waals surface area contributed by atoms with Gasteiger partial charge in [0, 0.05) is 29.5 Å². The molecule has 1 aliphatic rings. The Kier molecular flexibility index (Phi) is 8.80. The molecule has 0 atom stereocenters. The molecule has 2 aromatic carbocycles. The standard InChI is InChI=1S/C28H35FN4O2S/c1-28(2,3)23-8-6-21(7-9-23)26-31-25(35-32-26)18-33-15-12-22(13-16-33)27(34)30-14-17-36-19-20-4-10-24(29)11-5-20/h4-11,22H,12-19H2,1-3H3,(H,30,34). The second-order valence-electron chi connectivity index (χ2n) is 10.4. The molecule has 0 bridgehead atoms. The van der Waals surface area contributed by atoms with Gasteiger partial charge >= 0.3 is 0 Å². The van der Waals surface area contributed by atoms with E-state index < -0.39 is 0 Å². The number of amides is 1. The van der Waals surface area contributed by atoms with Crippen LogP contribution in [0.3, 0.4) is 0 Å². The van der Waals surface area contributed by atoms with Crippen molar-refractivity contribution < 1.29 is 13.7 Å². The summed E-state index contributed by atoms with van der Waals surface area (Å²) in [5, 5.41) is 7.23. The van der Waals surface area contributed by atoms with Crippen molar-refractivity contribution in [3.8, 4) is 11.4 Å². The Morgan fingerprint density at radius 3 is 2.47 bits per heavy atom. The smallest absolute Gasteiger partial charge is 0.241 e. The molecule has 8 heteroatoms. The van der Waals surface area contributed by atoms with Gasteiger partial charge in [-0.15, -0.1) is 0 Å². The average Bonchev–Trinajstić information content (AvgIpc) is 3.33. The van der Waals surface area contributed by atoms with Gasteiger partial charge in [0.2, 0.25) is 17.6 Å². The number of aromatic nitrogens is 2. The van der Waals surface area contributed by atoms with Crippen molar-refractivity contribution in [1.82, 2.24) is 20.4 Å². The quantitative estimate of drug-likeness (QED) is 0.387. The lowest BCUT2D eigenvalue weighted by molar-refractivity contribution is -0.126. The van der Waals surface area contributed by atoms with Crippen LogP contribution in [0.1, 0.15) is 50.6 Å². The summed E-state index contributed by atoms with van der Waals surface area (Å²) < 4.78 is 18.5. The van der Waals surface area contributed by atoms with Crippen molar-refractivity contribution in [2.75, 3.05) is 25.4 Å². The predicted molar refractivity (Wildman–Crippen MR) is 142 cm³/mol. The van der Waals surface area contributed by atoms with Gasteiger partial charge in [-0.05, 0) is 54.6 Å². The van der Waals surface area contributed by atoms with Crippen molar-refractivity contribution in [1.29, 1.82) is 0 Å². The van der Waals surface area contributed by atoms with Crippen LogP contribution in [-0.2, 0) is 22.5 Å². The fourth-order valence-corrected chi connectivity index (χ4v) is 5.08. The van der Waals surface area contributed by atoms with Crippen LogP contribution in [0.25, 0.3) is 11.4 Å². The van der Waals surface area contributed by atoms with Crippen molar-refractivity contribution in [3.63, 3.8) is 0 Å². The lowest BCUT2D eigenvalue weighted by Gasteiger charge is -2.30. The Labute approximate surface area is 217 Å². The van der Waals surface area contributed by atoms with Gasteiger partial charge in [0.15, 0.2) is 0 Å². The molecule has 1 N–H and O–H groups in total. The minimum atomic E-state index is -0.217. The molecule has 0 saturated carbocycles. The lowest BCUT2D eigenvalue weighted by Crippen LogP contribution is -2.40. The van der Waals surface area contributed by atoms with Crippen LogP contribution in [0.5, 0.6) is 0 Å². The lowest BCUT2D eigenvalue weighted by atomic mass is 9.87. The van der Waals surface area contributed by atoms with Gasteiger partial charge in [0.05, 0.1) is 6.54 Å². The van der Waals surface area contributed by atoms with E-state index in [0.717, 1.165) is 48.6 Å². The van der Waals surface area contributed by atoms with Gasteiger partial charge in [-0.2, -0.15) is 16.7 Å². The number of hydrogen-bond donors (Lipinski definition) is 1. The maximum atomic E-state index is 13.0. The molecule has 3 aromatic rings. The Bertz CT molecular complexity index is 1120. The monoisotopic (exact) mass is 510 g/mol. The summed E-state index contributed by atoms with van der Waals surface area (Å²) in [5.74, 6) is 2.82. The van der Waals surface area contributed by atoms with E-state index in [2.05, 4.69) is 53.3 Å². The molecule has 1 aliphatic heterocycles. The molecule has 0 aliphatic carbocycles. The van der Waals surface area contributed by atoms with Gasteiger partial charge in [-0.1, -0.05) is 62.3 Å². The summed E-state index contributed by atoms with van der Waals surface area (Å²) in [4.78, 5) is 19.4. The molecule has 1 saturated heterocycles. The summed E-state index contributed by atoms with van der Waals surface area (Å²) in [6.45, 7) is 9.48. The number of benzene rings is 2. The van der Waals surface area contributed by atoms with Crippen LogP contribution in [-0.4, -0.2) is 46.3 Å². The minimum Gasteiger partial charge on any atom is -0.355 e. The molecule has 0 radical (unpaired) electrons. The molecule has 192 valence electrons. The zero-order valence-corrected chi connectivity index (χ0v) is 22.1. The number of piperidine rings is 1. The van der Waals surface area contributed by atoms with E-state index >= 15 is 0 Å². The minimum absolute atomic E-state index is 0.0444. The van der Waals surface area contributed by atoms with E-state index in [1.54, 1.807) is 23.9 Å². The number of rotatable bonds is 9. The molecule has 2 heterocycles. The average molecular weight is 511 g/mol. The van der Waals surface area contributed by atoms with Crippen molar-refractivity contribution in [2.24, 2.45) is 5.92 Å². The van der Waals surface area contributed by atoms with Crippen LogP contribution in [0.15, 0.2) is 53.1 Å². The predicted octanol–water partition coefficient (Wildman–Crippen LogP) is 5.43. The molecule has 1 fully saturated rings. The second kappa shape index (κ2) is 12.0. The third-order valence-electron chi connectivity index (χ3n) is 6.52. The van der Waals surface area contributed by atoms with Crippen LogP contribution in [0, 0.1) is 11.7 Å². The van der Waals surface area contributed by atoms with Gasteiger partial charge in [0.25, 0.3) is 0 Å². The maximum absolute atomic E-state index is 13.0. The third-order valence-corrected chi connectivity index (χ3v) is 7.55. The molecule has 0 spiro atoms. The van der Waals surface area contributed by atoms with Crippen LogP contribution < -0.4 is 5.32 Å². The molecular formula is C28H35FN4O2S. The Balaban J connectivity index is 1.15. The number of nitrogens with one attached hydrogen (secondary N) is 1. The zero-order chi connectivity index (χ0) is 25.5. The number of carbonyl (C=O) groups is 1. The molecule has 6 nitrogen and oxygen atoms in total. The Hall–Kier alpha value is -2.71. The highest BCUT2D eigenvalue weighted by Crippen LogP contribution is 2.25. The highest BCUT2D eigenvalue weighted by atomic mass is 32.2. The van der Waals surface area contributed by atoms with Crippen molar-refractivity contribution in [2.45, 2.75) is 51.3 Å². The Morgan fingerprint density at radius 1 is 1.11 bits per heavy atom. The van der Waals surface area contributed by atoms with Gasteiger partial charge in [-0.3, -0.25) is 9.69 Å². The van der Waals surface area contributed by atoms with Gasteiger partial charge < -0.3 is 9.84 Å². The molecule has 36 heavy (non-hydrogen) atoms. The summed E-state index contributed by atoms with van der Waals surface area (Å²) in [7, 11) is 0. The first-order chi connectivity index (χ1) is 17.3. The highest BCUT2D eigenvalue weighted by molar-refractivity contribution is 7.98. The highest BCUT2D eigenvalue weighted by Gasteiger charge is 2.26. The van der Waals surface area contributed by atoms with Crippen LogP contribution in [0.2, 0.25) is 0 Å². The first-order valence-electron chi connectivity index (χ1n) is 12.5. The number of likely N-dealkylation sites (tertiary alicyclic amines) is 1.